The molecule has 2 aromatic carbocycles. The maximum Gasteiger partial charge on any atom is 0.0679 e. The number of nitrogens with zero attached hydrogens (tertiary/aromatic N) is 2. The van der Waals surface area contributed by atoms with Crippen molar-refractivity contribution in [2.24, 2.45) is 7.05 Å². The van der Waals surface area contributed by atoms with Crippen LogP contribution in [-0.2, 0) is 7.05 Å². The summed E-state index contributed by atoms with van der Waals surface area (Å²) in [6, 6.07) is 14.4. The minimum atomic E-state index is 0.799. The lowest BCUT2D eigenvalue weighted by atomic mass is 10.00. The molecule has 0 aliphatic carbocycles. The lowest BCUT2D eigenvalue weighted by molar-refractivity contribution is 0.797. The summed E-state index contributed by atoms with van der Waals surface area (Å²) in [5.74, 6) is 0. The lowest BCUT2D eigenvalue weighted by Gasteiger charge is -2.08. The number of benzene rings is 2. The first-order valence-electron chi connectivity index (χ1n) is 7.06. The second kappa shape index (κ2) is 5.74. The normalized spacial score (nSPS) is 12.0. The van der Waals surface area contributed by atoms with E-state index in [-0.39, 0.29) is 0 Å². The fraction of sp³-hybridized carbons (Fsp3) is 0.167. The molecule has 0 aliphatic rings. The SMILES string of the molecule is CC/C(=C\c1ccc2c(cnn2C)c1)c1ccccc1Cl. The molecule has 2 nitrogen and oxygen atoms in total. The quantitative estimate of drug-likeness (QED) is 0.609. The Bertz CT molecular complexity index is 815. The lowest BCUT2D eigenvalue weighted by Crippen LogP contribution is -1.88. The third-order valence-electron chi connectivity index (χ3n) is 3.71. The Morgan fingerprint density at radius 1 is 1.24 bits per heavy atom. The van der Waals surface area contributed by atoms with Gasteiger partial charge < -0.3 is 0 Å². The van der Waals surface area contributed by atoms with Gasteiger partial charge in [0.15, 0.2) is 0 Å². The van der Waals surface area contributed by atoms with Gasteiger partial charge in [0, 0.05) is 17.5 Å². The van der Waals surface area contributed by atoms with Crippen LogP contribution < -0.4 is 0 Å². The van der Waals surface area contributed by atoms with Crippen molar-refractivity contribution in [2.45, 2.75) is 13.3 Å². The summed E-state index contributed by atoms with van der Waals surface area (Å²) in [5, 5.41) is 6.24. The predicted octanol–water partition coefficient (Wildman–Crippen LogP) is 5.18. The number of aryl methyl sites for hydroxylation is 1. The van der Waals surface area contributed by atoms with E-state index in [4.69, 9.17) is 11.6 Å². The Balaban J connectivity index is 2.06. The first-order valence-corrected chi connectivity index (χ1v) is 7.44. The van der Waals surface area contributed by atoms with E-state index < -0.39 is 0 Å². The average molecular weight is 297 g/mol. The van der Waals surface area contributed by atoms with Crippen molar-refractivity contribution in [3.8, 4) is 0 Å². The maximum atomic E-state index is 6.31. The number of hydrogen-bond acceptors (Lipinski definition) is 1. The van der Waals surface area contributed by atoms with Crippen LogP contribution in [0, 0.1) is 0 Å². The molecule has 0 saturated carbocycles. The number of fused-ring (bicyclic) bond motifs is 1. The number of halogens is 1. The Kier molecular flexibility index (Phi) is 3.80. The highest BCUT2D eigenvalue weighted by atomic mass is 35.5. The Morgan fingerprint density at radius 2 is 2.05 bits per heavy atom. The van der Waals surface area contributed by atoms with Crippen LogP contribution in [0.3, 0.4) is 0 Å². The molecule has 21 heavy (non-hydrogen) atoms. The van der Waals surface area contributed by atoms with Gasteiger partial charge in [0.2, 0.25) is 0 Å². The summed E-state index contributed by atoms with van der Waals surface area (Å²) in [6.45, 7) is 2.15. The highest BCUT2D eigenvalue weighted by Crippen LogP contribution is 2.28. The van der Waals surface area contributed by atoms with Crippen LogP contribution >= 0.6 is 11.6 Å². The summed E-state index contributed by atoms with van der Waals surface area (Å²) in [7, 11) is 1.96. The smallest absolute Gasteiger partial charge is 0.0679 e. The minimum Gasteiger partial charge on any atom is -0.268 e. The van der Waals surface area contributed by atoms with Crippen LogP contribution in [0.25, 0.3) is 22.6 Å². The van der Waals surface area contributed by atoms with E-state index in [9.17, 15) is 0 Å². The van der Waals surface area contributed by atoms with Gasteiger partial charge in [-0.25, -0.2) is 0 Å². The van der Waals surface area contributed by atoms with Gasteiger partial charge in [0.1, 0.15) is 0 Å². The summed E-state index contributed by atoms with van der Waals surface area (Å²) >= 11 is 6.31. The molecule has 0 bridgehead atoms. The van der Waals surface area contributed by atoms with E-state index in [0.717, 1.165) is 27.9 Å². The largest absolute Gasteiger partial charge is 0.268 e. The molecule has 1 heterocycles. The minimum absolute atomic E-state index is 0.799. The first kappa shape index (κ1) is 13.9. The molecule has 3 rings (SSSR count). The molecule has 0 N–H and O–H groups in total. The Hall–Kier alpha value is -2.06. The molecule has 0 amide bonds. The fourth-order valence-corrected chi connectivity index (χ4v) is 2.82. The van der Waals surface area contributed by atoms with E-state index in [2.05, 4.69) is 42.4 Å². The number of aromatic nitrogens is 2. The third-order valence-corrected chi connectivity index (χ3v) is 4.04. The Labute approximate surface area is 129 Å². The molecule has 0 atom stereocenters. The van der Waals surface area contributed by atoms with E-state index in [1.807, 2.05) is 36.1 Å². The van der Waals surface area contributed by atoms with Crippen molar-refractivity contribution in [1.29, 1.82) is 0 Å². The van der Waals surface area contributed by atoms with Crippen LogP contribution in [0.5, 0.6) is 0 Å². The van der Waals surface area contributed by atoms with Gasteiger partial charge in [-0.1, -0.05) is 48.9 Å². The number of allylic oxidation sites excluding steroid dienone is 1. The molecule has 3 aromatic rings. The Morgan fingerprint density at radius 3 is 2.81 bits per heavy atom. The third kappa shape index (κ3) is 2.72. The molecule has 0 fully saturated rings. The second-order valence-corrected chi connectivity index (χ2v) is 5.50. The summed E-state index contributed by atoms with van der Waals surface area (Å²) in [5.41, 5.74) is 4.66. The van der Waals surface area contributed by atoms with E-state index >= 15 is 0 Å². The topological polar surface area (TPSA) is 17.8 Å². The van der Waals surface area contributed by atoms with Gasteiger partial charge in [0.05, 0.1) is 11.7 Å². The second-order valence-electron chi connectivity index (χ2n) is 5.09. The van der Waals surface area contributed by atoms with Gasteiger partial charge in [-0.05, 0) is 41.3 Å². The van der Waals surface area contributed by atoms with Crippen LogP contribution in [0.15, 0.2) is 48.7 Å². The van der Waals surface area contributed by atoms with Gasteiger partial charge in [-0.2, -0.15) is 5.10 Å². The molecule has 0 saturated heterocycles. The maximum absolute atomic E-state index is 6.31. The molecule has 106 valence electrons. The molecule has 0 radical (unpaired) electrons. The van der Waals surface area contributed by atoms with Gasteiger partial charge in [0.25, 0.3) is 0 Å². The van der Waals surface area contributed by atoms with Gasteiger partial charge in [-0.15, -0.1) is 0 Å². The molecular formula is C18H17ClN2. The summed E-state index contributed by atoms with van der Waals surface area (Å²) in [6.07, 6.45) is 5.04. The number of hydrogen-bond donors (Lipinski definition) is 0. The monoisotopic (exact) mass is 296 g/mol. The van der Waals surface area contributed by atoms with Crippen LogP contribution in [0.4, 0.5) is 0 Å². The summed E-state index contributed by atoms with van der Waals surface area (Å²) < 4.78 is 1.89. The molecule has 0 spiro atoms. The highest BCUT2D eigenvalue weighted by Gasteiger charge is 2.05. The van der Waals surface area contributed by atoms with E-state index in [1.165, 1.54) is 11.1 Å². The first-order chi connectivity index (χ1) is 10.2. The zero-order chi connectivity index (χ0) is 14.8. The van der Waals surface area contributed by atoms with Crippen LogP contribution in [0.2, 0.25) is 5.02 Å². The van der Waals surface area contributed by atoms with Crippen LogP contribution in [0.1, 0.15) is 24.5 Å². The molecule has 0 aliphatic heterocycles. The van der Waals surface area contributed by atoms with Crippen LogP contribution in [-0.4, -0.2) is 9.78 Å². The summed E-state index contributed by atoms with van der Waals surface area (Å²) in [4.78, 5) is 0. The zero-order valence-corrected chi connectivity index (χ0v) is 12.9. The molecule has 0 unspecified atom stereocenters. The van der Waals surface area contributed by atoms with Crippen molar-refractivity contribution in [3.63, 3.8) is 0 Å². The standard InChI is InChI=1S/C18H17ClN2/c1-3-14(16-6-4-5-7-17(16)19)10-13-8-9-18-15(11-13)12-20-21(18)2/h4-12H,3H2,1-2H3/b14-10+. The molecular weight excluding hydrogens is 280 g/mol. The zero-order valence-electron chi connectivity index (χ0n) is 12.2. The van der Waals surface area contributed by atoms with Crippen molar-refractivity contribution in [1.82, 2.24) is 9.78 Å². The van der Waals surface area contributed by atoms with E-state index in [0.29, 0.717) is 0 Å². The fourth-order valence-electron chi connectivity index (χ4n) is 2.56. The molecule has 1 aromatic heterocycles. The highest BCUT2D eigenvalue weighted by molar-refractivity contribution is 6.32. The average Bonchev–Trinajstić information content (AvgIpc) is 2.87. The van der Waals surface area contributed by atoms with Crippen molar-refractivity contribution in [3.05, 3.63) is 64.8 Å². The van der Waals surface area contributed by atoms with E-state index in [1.54, 1.807) is 0 Å². The van der Waals surface area contributed by atoms with Gasteiger partial charge in [-0.3, -0.25) is 4.68 Å². The molecule has 3 heteroatoms. The predicted molar refractivity (Wildman–Crippen MR) is 90.3 cm³/mol. The van der Waals surface area contributed by atoms with Crippen molar-refractivity contribution in [2.75, 3.05) is 0 Å². The van der Waals surface area contributed by atoms with Crippen molar-refractivity contribution < 1.29 is 0 Å². The van der Waals surface area contributed by atoms with Crippen molar-refractivity contribution >= 4 is 34.2 Å². The number of rotatable bonds is 3. The van der Waals surface area contributed by atoms with Gasteiger partial charge >= 0.3 is 0 Å².